The van der Waals surface area contributed by atoms with Crippen molar-refractivity contribution in [1.82, 2.24) is 10.0 Å². The van der Waals surface area contributed by atoms with Gasteiger partial charge >= 0.3 is 0 Å². The Labute approximate surface area is 223 Å². The van der Waals surface area contributed by atoms with Gasteiger partial charge in [-0.05, 0) is 52.0 Å². The van der Waals surface area contributed by atoms with Crippen LogP contribution in [0.1, 0.15) is 0 Å². The molecular formula is C32H27N3O2Si. The first-order chi connectivity index (χ1) is 18.7. The summed E-state index contributed by atoms with van der Waals surface area (Å²) in [5, 5.41) is 16.8. The maximum Gasteiger partial charge on any atom is 0.201 e. The van der Waals surface area contributed by atoms with Crippen LogP contribution in [-0.4, -0.2) is 29.9 Å². The summed E-state index contributed by atoms with van der Waals surface area (Å²) in [6.45, 7) is 0.460. The maximum atomic E-state index is 10.3. The molecule has 0 radical (unpaired) electrons. The molecule has 0 amide bonds. The molecule has 1 aromatic heterocycles. The number of phenols is 1. The van der Waals surface area contributed by atoms with Crippen LogP contribution in [0.5, 0.6) is 11.5 Å². The van der Waals surface area contributed by atoms with Gasteiger partial charge in [0, 0.05) is 17.7 Å². The van der Waals surface area contributed by atoms with Gasteiger partial charge in [-0.3, -0.25) is 4.98 Å². The van der Waals surface area contributed by atoms with E-state index in [9.17, 15) is 5.11 Å². The van der Waals surface area contributed by atoms with Crippen LogP contribution in [0.15, 0.2) is 146 Å². The Balaban J connectivity index is 1.41. The Kier molecular flexibility index (Phi) is 6.38. The zero-order valence-electron chi connectivity index (χ0n) is 20.8. The van der Waals surface area contributed by atoms with Gasteiger partial charge in [-0.15, -0.1) is 0 Å². The molecular weight excluding hydrogens is 486 g/mol. The third-order valence-corrected chi connectivity index (χ3v) is 11.5. The molecule has 0 saturated carbocycles. The van der Waals surface area contributed by atoms with Crippen molar-refractivity contribution in [2.45, 2.75) is 0 Å². The summed E-state index contributed by atoms with van der Waals surface area (Å²) < 4.78 is 0. The minimum atomic E-state index is -2.73. The highest BCUT2D eigenvalue weighted by molar-refractivity contribution is 7.19. The first kappa shape index (κ1) is 23.6. The average Bonchev–Trinajstić information content (AvgIpc) is 3.44. The van der Waals surface area contributed by atoms with Gasteiger partial charge < -0.3 is 14.8 Å². The van der Waals surface area contributed by atoms with E-state index in [1.54, 1.807) is 11.1 Å². The summed E-state index contributed by atoms with van der Waals surface area (Å²) in [7, 11) is -2.73. The van der Waals surface area contributed by atoms with Gasteiger partial charge in [0.2, 0.25) is 8.07 Å². The van der Waals surface area contributed by atoms with Crippen molar-refractivity contribution < 1.29 is 9.94 Å². The van der Waals surface area contributed by atoms with Crippen LogP contribution < -0.4 is 30.6 Å². The molecule has 0 aliphatic carbocycles. The number of benzene rings is 4. The number of hydroxylamine groups is 2. The fraction of sp³-hybridized carbons (Fsp3) is 0.0312. The predicted octanol–water partition coefficient (Wildman–Crippen LogP) is 3.71. The molecule has 1 aliphatic heterocycles. The normalized spacial score (nSPS) is 13.1. The highest BCUT2D eigenvalue weighted by atomic mass is 28.3. The lowest BCUT2D eigenvalue weighted by atomic mass is 10.3. The minimum Gasteiger partial charge on any atom is -0.506 e. The lowest BCUT2D eigenvalue weighted by Gasteiger charge is -2.33. The van der Waals surface area contributed by atoms with E-state index in [1.807, 2.05) is 53.8 Å². The number of phenolic OH excluding ortho intramolecular Hbond substituents is 1. The summed E-state index contributed by atoms with van der Waals surface area (Å²) in [5.74, 6) is 0.976. The fourth-order valence-electron chi connectivity index (χ4n) is 5.15. The number of anilines is 1. The molecule has 0 saturated heterocycles. The first-order valence-corrected chi connectivity index (χ1v) is 14.6. The molecule has 38 heavy (non-hydrogen) atoms. The topological polar surface area (TPSA) is 48.8 Å². The van der Waals surface area contributed by atoms with Crippen LogP contribution in [-0.2, 0) is 0 Å². The van der Waals surface area contributed by atoms with Gasteiger partial charge in [-0.25, -0.2) is 0 Å². The third kappa shape index (κ3) is 4.31. The molecule has 0 bridgehead atoms. The first-order valence-electron chi connectivity index (χ1n) is 12.6. The number of aromatic hydroxyl groups is 1. The van der Waals surface area contributed by atoms with Crippen molar-refractivity contribution >= 4 is 34.6 Å². The van der Waals surface area contributed by atoms with Gasteiger partial charge in [0.25, 0.3) is 0 Å². The van der Waals surface area contributed by atoms with E-state index >= 15 is 0 Å². The molecule has 186 valence electrons. The van der Waals surface area contributed by atoms with Crippen molar-refractivity contribution in [2.24, 2.45) is 0 Å². The van der Waals surface area contributed by atoms with E-state index in [4.69, 9.17) is 9.82 Å². The molecule has 0 atom stereocenters. The standard InChI is InChI=1S/C32H27N3O2Si/c36-31-19-8-7-18-30(31)34-22-23-35(25-34)37-26-12-11-17-29(24-26)38(27-13-3-1-4-14-27,28-15-5-2-6-16-28)32-20-9-10-21-33-32/h1-24,36H,25H2. The van der Waals surface area contributed by atoms with E-state index in [2.05, 4.69) is 91.0 Å². The summed E-state index contributed by atoms with van der Waals surface area (Å²) in [6, 6.07) is 43.3. The Morgan fingerprint density at radius 2 is 1.32 bits per heavy atom. The summed E-state index contributed by atoms with van der Waals surface area (Å²) in [6.07, 6.45) is 5.66. The van der Waals surface area contributed by atoms with Crippen LogP contribution >= 0.6 is 0 Å². The van der Waals surface area contributed by atoms with Crippen LogP contribution in [0.3, 0.4) is 0 Å². The molecule has 1 N–H and O–H groups in total. The largest absolute Gasteiger partial charge is 0.506 e. The quantitative estimate of drug-likeness (QED) is 0.266. The average molecular weight is 514 g/mol. The molecule has 4 aromatic carbocycles. The minimum absolute atomic E-state index is 0.234. The number of aromatic nitrogens is 1. The number of hydrogen-bond donors (Lipinski definition) is 1. The second-order valence-electron chi connectivity index (χ2n) is 9.13. The summed E-state index contributed by atoms with van der Waals surface area (Å²) in [4.78, 5) is 13.2. The molecule has 0 spiro atoms. The smallest absolute Gasteiger partial charge is 0.201 e. The fourth-order valence-corrected chi connectivity index (χ4v) is 9.74. The van der Waals surface area contributed by atoms with Crippen molar-refractivity contribution in [1.29, 1.82) is 0 Å². The number of nitrogens with zero attached hydrogens (tertiary/aromatic N) is 3. The highest BCUT2D eigenvalue weighted by Gasteiger charge is 2.43. The molecule has 6 rings (SSSR count). The number of hydrogen-bond acceptors (Lipinski definition) is 5. The lowest BCUT2D eigenvalue weighted by Crippen LogP contribution is -2.75. The van der Waals surface area contributed by atoms with Gasteiger partial charge in [0.05, 0.1) is 11.9 Å². The lowest BCUT2D eigenvalue weighted by molar-refractivity contribution is 0.00341. The van der Waals surface area contributed by atoms with Crippen molar-refractivity contribution in [3.8, 4) is 11.5 Å². The van der Waals surface area contributed by atoms with E-state index < -0.39 is 8.07 Å². The van der Waals surface area contributed by atoms with E-state index in [0.29, 0.717) is 6.67 Å². The maximum absolute atomic E-state index is 10.3. The number of pyridine rings is 1. The molecule has 2 heterocycles. The van der Waals surface area contributed by atoms with Crippen molar-refractivity contribution in [3.63, 3.8) is 0 Å². The Morgan fingerprint density at radius 1 is 0.658 bits per heavy atom. The van der Waals surface area contributed by atoms with Gasteiger partial charge in [0.1, 0.15) is 12.4 Å². The van der Waals surface area contributed by atoms with Crippen LogP contribution in [0.4, 0.5) is 5.69 Å². The number of para-hydroxylation sites is 2. The molecule has 1 aliphatic rings. The third-order valence-electron chi connectivity index (χ3n) is 6.85. The monoisotopic (exact) mass is 513 g/mol. The predicted molar refractivity (Wildman–Crippen MR) is 155 cm³/mol. The van der Waals surface area contributed by atoms with Gasteiger partial charge in [0.15, 0.2) is 5.75 Å². The number of rotatable bonds is 7. The molecule has 0 unspecified atom stereocenters. The van der Waals surface area contributed by atoms with Crippen molar-refractivity contribution in [2.75, 3.05) is 11.6 Å². The second-order valence-corrected chi connectivity index (χ2v) is 12.9. The Hall–Kier alpha value is -4.81. The zero-order chi connectivity index (χ0) is 25.8. The van der Waals surface area contributed by atoms with Gasteiger partial charge in [-0.1, -0.05) is 91.0 Å². The Bertz CT molecular complexity index is 1450. The molecule has 5 aromatic rings. The van der Waals surface area contributed by atoms with E-state index in [1.165, 1.54) is 15.6 Å². The van der Waals surface area contributed by atoms with Crippen LogP contribution in [0.25, 0.3) is 0 Å². The molecule has 6 heteroatoms. The second kappa shape index (κ2) is 10.3. The van der Waals surface area contributed by atoms with E-state index in [0.717, 1.165) is 16.8 Å². The van der Waals surface area contributed by atoms with Crippen LogP contribution in [0, 0.1) is 0 Å². The summed E-state index contributed by atoms with van der Waals surface area (Å²) in [5.41, 5.74) is 0.735. The molecule has 0 fully saturated rings. The Morgan fingerprint density at radius 3 is 2.00 bits per heavy atom. The van der Waals surface area contributed by atoms with E-state index in [-0.39, 0.29) is 5.75 Å². The van der Waals surface area contributed by atoms with Crippen LogP contribution in [0.2, 0.25) is 0 Å². The van der Waals surface area contributed by atoms with Gasteiger partial charge in [-0.2, -0.15) is 5.06 Å². The zero-order valence-corrected chi connectivity index (χ0v) is 21.8. The molecule has 5 nitrogen and oxygen atoms in total. The highest BCUT2D eigenvalue weighted by Crippen LogP contribution is 2.29. The SMILES string of the molecule is Oc1ccccc1N1C=CN(Oc2cccc([Si](c3ccccc3)(c3ccccc3)c3ccccn3)c2)C1. The summed E-state index contributed by atoms with van der Waals surface area (Å²) >= 11 is 0. The van der Waals surface area contributed by atoms with Crippen molar-refractivity contribution in [3.05, 3.63) is 146 Å².